The van der Waals surface area contributed by atoms with Crippen LogP contribution in [0.1, 0.15) is 41.5 Å². The van der Waals surface area contributed by atoms with E-state index in [1.165, 1.54) is 0 Å². The van der Waals surface area contributed by atoms with Crippen molar-refractivity contribution in [3.63, 3.8) is 0 Å². The predicted octanol–water partition coefficient (Wildman–Crippen LogP) is 2.98. The number of ether oxygens (including phenoxy) is 2. The minimum Gasteiger partial charge on any atom is -0.454 e. The maximum absolute atomic E-state index is 12.8. The molecule has 7 heteroatoms. The lowest BCUT2D eigenvalue weighted by Crippen LogP contribution is -2.23. The molecule has 3 aromatic rings. The van der Waals surface area contributed by atoms with Crippen LogP contribution in [-0.4, -0.2) is 27.5 Å². The summed E-state index contributed by atoms with van der Waals surface area (Å²) in [6.07, 6.45) is 1.71. The lowest BCUT2D eigenvalue weighted by atomic mass is 10.1. The van der Waals surface area contributed by atoms with Crippen LogP contribution in [0.2, 0.25) is 0 Å². The van der Waals surface area contributed by atoms with Crippen LogP contribution in [-0.2, 0) is 6.54 Å². The number of carbonyl (C=O) groups excluding carboxylic acids is 1. The van der Waals surface area contributed by atoms with Gasteiger partial charge >= 0.3 is 0 Å². The first-order valence-electron chi connectivity index (χ1n) is 8.54. The highest BCUT2D eigenvalue weighted by Gasteiger charge is 2.17. The normalized spacial score (nSPS) is 12.8. The van der Waals surface area contributed by atoms with Crippen molar-refractivity contribution in [2.24, 2.45) is 0 Å². The van der Waals surface area contributed by atoms with Crippen molar-refractivity contribution >= 4 is 16.9 Å². The maximum Gasteiger partial charge on any atom is 0.252 e. The van der Waals surface area contributed by atoms with Gasteiger partial charge in [0.05, 0.1) is 17.1 Å². The van der Waals surface area contributed by atoms with E-state index in [2.05, 4.69) is 15.4 Å². The number of aromatic nitrogens is 3. The molecule has 0 atom stereocenters. The van der Waals surface area contributed by atoms with Gasteiger partial charge in [-0.3, -0.25) is 4.79 Å². The topological polar surface area (TPSA) is 78.3 Å². The van der Waals surface area contributed by atoms with Crippen LogP contribution in [0.15, 0.2) is 30.5 Å². The van der Waals surface area contributed by atoms with Crippen LogP contribution in [0.3, 0.4) is 0 Å². The number of hydrogen-bond donors (Lipinski definition) is 1. The van der Waals surface area contributed by atoms with Crippen molar-refractivity contribution in [3.05, 3.63) is 47.3 Å². The predicted molar refractivity (Wildman–Crippen MR) is 96.4 cm³/mol. The van der Waals surface area contributed by atoms with E-state index in [0.717, 1.165) is 28.0 Å². The zero-order valence-corrected chi connectivity index (χ0v) is 14.9. The third kappa shape index (κ3) is 2.85. The number of pyridine rings is 1. The second-order valence-corrected chi connectivity index (χ2v) is 6.60. The molecule has 0 aliphatic carbocycles. The Hall–Kier alpha value is -3.09. The standard InChI is InChI=1S/C19H20N4O3/c1-11(2)23-18-15(9-21-23)14(6-12(3)22-18)19(24)20-8-13-4-5-16-17(7-13)26-10-25-16/h4-7,9,11H,8,10H2,1-3H3,(H,20,24). The number of benzene rings is 1. The van der Waals surface area contributed by atoms with Gasteiger partial charge < -0.3 is 14.8 Å². The van der Waals surface area contributed by atoms with E-state index in [9.17, 15) is 4.79 Å². The van der Waals surface area contributed by atoms with Gasteiger partial charge in [-0.2, -0.15) is 5.10 Å². The zero-order valence-electron chi connectivity index (χ0n) is 14.9. The van der Waals surface area contributed by atoms with Gasteiger partial charge in [-0.15, -0.1) is 0 Å². The highest BCUT2D eigenvalue weighted by molar-refractivity contribution is 6.05. The van der Waals surface area contributed by atoms with Crippen molar-refractivity contribution in [2.45, 2.75) is 33.4 Å². The van der Waals surface area contributed by atoms with Gasteiger partial charge in [0.25, 0.3) is 5.91 Å². The maximum atomic E-state index is 12.8. The summed E-state index contributed by atoms with van der Waals surface area (Å²) < 4.78 is 12.5. The zero-order chi connectivity index (χ0) is 18.3. The van der Waals surface area contributed by atoms with Gasteiger partial charge in [0, 0.05) is 18.3 Å². The molecule has 1 N–H and O–H groups in total. The molecule has 0 saturated heterocycles. The fraction of sp³-hybridized carbons (Fsp3) is 0.316. The molecule has 1 aliphatic heterocycles. The summed E-state index contributed by atoms with van der Waals surface area (Å²) in [5.74, 6) is 1.28. The van der Waals surface area contributed by atoms with Crippen molar-refractivity contribution < 1.29 is 14.3 Å². The summed E-state index contributed by atoms with van der Waals surface area (Å²) in [4.78, 5) is 17.3. The van der Waals surface area contributed by atoms with Crippen LogP contribution in [0.5, 0.6) is 11.5 Å². The quantitative estimate of drug-likeness (QED) is 0.781. The van der Waals surface area contributed by atoms with Gasteiger partial charge in [0.1, 0.15) is 0 Å². The summed E-state index contributed by atoms with van der Waals surface area (Å²) in [6, 6.07) is 7.62. The largest absolute Gasteiger partial charge is 0.454 e. The first-order chi connectivity index (χ1) is 12.5. The molecule has 0 fully saturated rings. The van der Waals surface area contributed by atoms with Gasteiger partial charge in [-0.25, -0.2) is 9.67 Å². The van der Waals surface area contributed by atoms with Gasteiger partial charge in [0.2, 0.25) is 6.79 Å². The number of nitrogens with zero attached hydrogens (tertiary/aromatic N) is 3. The molecule has 4 rings (SSSR count). The Morgan fingerprint density at radius 2 is 2.08 bits per heavy atom. The summed E-state index contributed by atoms with van der Waals surface area (Å²) in [5, 5.41) is 8.10. The van der Waals surface area contributed by atoms with E-state index in [4.69, 9.17) is 9.47 Å². The number of hydrogen-bond acceptors (Lipinski definition) is 5. The molecule has 26 heavy (non-hydrogen) atoms. The fourth-order valence-electron chi connectivity index (χ4n) is 3.04. The van der Waals surface area contributed by atoms with Crippen LogP contribution in [0.4, 0.5) is 0 Å². The Morgan fingerprint density at radius 1 is 1.27 bits per heavy atom. The van der Waals surface area contributed by atoms with E-state index >= 15 is 0 Å². The third-order valence-corrected chi connectivity index (χ3v) is 4.32. The summed E-state index contributed by atoms with van der Waals surface area (Å²) in [6.45, 7) is 6.59. The molecule has 7 nitrogen and oxygen atoms in total. The number of aryl methyl sites for hydroxylation is 1. The second kappa shape index (κ2) is 6.33. The Kier molecular flexibility index (Phi) is 3.99. The molecular weight excluding hydrogens is 332 g/mol. The van der Waals surface area contributed by atoms with Crippen molar-refractivity contribution in [1.29, 1.82) is 0 Å². The molecular formula is C19H20N4O3. The van der Waals surface area contributed by atoms with Gasteiger partial charge in [-0.1, -0.05) is 6.07 Å². The van der Waals surface area contributed by atoms with Crippen LogP contribution >= 0.6 is 0 Å². The third-order valence-electron chi connectivity index (χ3n) is 4.32. The molecule has 134 valence electrons. The van der Waals surface area contributed by atoms with Crippen LogP contribution in [0.25, 0.3) is 11.0 Å². The van der Waals surface area contributed by atoms with E-state index in [1.807, 2.05) is 43.7 Å². The number of rotatable bonds is 4. The average Bonchev–Trinajstić information content (AvgIpc) is 3.24. The molecule has 1 aromatic carbocycles. The van der Waals surface area contributed by atoms with Gasteiger partial charge in [-0.05, 0) is 44.5 Å². The second-order valence-electron chi connectivity index (χ2n) is 6.60. The fourth-order valence-corrected chi connectivity index (χ4v) is 3.04. The van der Waals surface area contributed by atoms with Crippen LogP contribution in [0, 0.1) is 6.92 Å². The Balaban J connectivity index is 1.58. The number of carbonyl (C=O) groups is 1. The molecule has 1 aliphatic rings. The molecule has 0 unspecified atom stereocenters. The molecule has 0 saturated carbocycles. The van der Waals surface area contributed by atoms with Crippen molar-refractivity contribution in [1.82, 2.24) is 20.1 Å². The molecule has 0 bridgehead atoms. The molecule has 0 radical (unpaired) electrons. The smallest absolute Gasteiger partial charge is 0.252 e. The average molecular weight is 352 g/mol. The molecule has 2 aromatic heterocycles. The Labute approximate surface area is 150 Å². The minimum atomic E-state index is -0.151. The monoisotopic (exact) mass is 352 g/mol. The first kappa shape index (κ1) is 16.4. The number of fused-ring (bicyclic) bond motifs is 2. The number of nitrogens with one attached hydrogen (secondary N) is 1. The highest BCUT2D eigenvalue weighted by atomic mass is 16.7. The Bertz CT molecular complexity index is 994. The molecule has 3 heterocycles. The van der Waals surface area contributed by atoms with E-state index in [1.54, 1.807) is 12.3 Å². The van der Waals surface area contributed by atoms with Crippen LogP contribution < -0.4 is 14.8 Å². The van der Waals surface area contributed by atoms with Gasteiger partial charge in [0.15, 0.2) is 17.1 Å². The summed E-state index contributed by atoms with van der Waals surface area (Å²) in [7, 11) is 0. The SMILES string of the molecule is Cc1cc(C(=O)NCc2ccc3c(c2)OCO3)c2cnn(C(C)C)c2n1. The van der Waals surface area contributed by atoms with E-state index in [0.29, 0.717) is 17.9 Å². The highest BCUT2D eigenvalue weighted by Crippen LogP contribution is 2.32. The minimum absolute atomic E-state index is 0.151. The summed E-state index contributed by atoms with van der Waals surface area (Å²) >= 11 is 0. The van der Waals surface area contributed by atoms with E-state index in [-0.39, 0.29) is 18.7 Å². The Morgan fingerprint density at radius 3 is 2.88 bits per heavy atom. The molecule has 0 spiro atoms. The van der Waals surface area contributed by atoms with E-state index < -0.39 is 0 Å². The van der Waals surface area contributed by atoms with Crippen molar-refractivity contribution in [2.75, 3.05) is 6.79 Å². The lowest BCUT2D eigenvalue weighted by molar-refractivity contribution is 0.0952. The molecule has 1 amide bonds. The van der Waals surface area contributed by atoms with Crippen molar-refractivity contribution in [3.8, 4) is 11.5 Å². The number of amides is 1. The first-order valence-corrected chi connectivity index (χ1v) is 8.54. The summed E-state index contributed by atoms with van der Waals surface area (Å²) in [5.41, 5.74) is 3.05. The lowest BCUT2D eigenvalue weighted by Gasteiger charge is -2.10.